The lowest BCUT2D eigenvalue weighted by molar-refractivity contribution is -0.132. The number of nitrogens with one attached hydrogen (secondary N) is 1. The number of hydrogen-bond donors (Lipinski definition) is 1. The Morgan fingerprint density at radius 1 is 1.18 bits per heavy atom. The summed E-state index contributed by atoms with van der Waals surface area (Å²) in [6, 6.07) is 5.77. The molecule has 180 valence electrons. The summed E-state index contributed by atoms with van der Waals surface area (Å²) in [5.74, 6) is 0.242. The van der Waals surface area contributed by atoms with E-state index in [1.54, 1.807) is 12.4 Å². The highest BCUT2D eigenvalue weighted by atomic mass is 16.2. The average Bonchev–Trinajstić information content (AvgIpc) is 3.34. The van der Waals surface area contributed by atoms with Crippen molar-refractivity contribution in [2.75, 3.05) is 6.54 Å². The monoisotopic (exact) mass is 463 g/mol. The Kier molecular flexibility index (Phi) is 7.09. The first-order valence-electron chi connectivity index (χ1n) is 11.9. The van der Waals surface area contributed by atoms with E-state index < -0.39 is 0 Å². The summed E-state index contributed by atoms with van der Waals surface area (Å²) < 4.78 is 3.83. The van der Waals surface area contributed by atoms with Crippen LogP contribution in [0, 0.1) is 19.8 Å². The van der Waals surface area contributed by atoms with Gasteiger partial charge in [-0.1, -0.05) is 19.9 Å². The lowest BCUT2D eigenvalue weighted by atomic mass is 10.0. The van der Waals surface area contributed by atoms with Gasteiger partial charge in [0.05, 0.1) is 5.69 Å². The SMILES string of the molecule is Cc1cc(C)n(CCC(=O)N2CCc3c(c(C(=O)NCc4cccnc4)nn3CC(C)C)C2)n1. The van der Waals surface area contributed by atoms with E-state index in [0.717, 1.165) is 34.8 Å². The maximum absolute atomic E-state index is 13.1. The van der Waals surface area contributed by atoms with Gasteiger partial charge in [0.1, 0.15) is 0 Å². The molecule has 0 aliphatic carbocycles. The number of aromatic nitrogens is 5. The van der Waals surface area contributed by atoms with Gasteiger partial charge < -0.3 is 10.2 Å². The molecular formula is C25H33N7O2. The molecule has 0 unspecified atom stereocenters. The van der Waals surface area contributed by atoms with Crippen molar-refractivity contribution < 1.29 is 9.59 Å². The van der Waals surface area contributed by atoms with Crippen LogP contribution in [-0.4, -0.2) is 47.8 Å². The molecule has 34 heavy (non-hydrogen) atoms. The van der Waals surface area contributed by atoms with Gasteiger partial charge in [-0.3, -0.25) is 23.9 Å². The Labute approximate surface area is 200 Å². The molecule has 0 radical (unpaired) electrons. The van der Waals surface area contributed by atoms with Crippen molar-refractivity contribution in [3.05, 3.63) is 64.5 Å². The minimum Gasteiger partial charge on any atom is -0.346 e. The van der Waals surface area contributed by atoms with Crippen LogP contribution in [0.15, 0.2) is 30.6 Å². The quantitative estimate of drug-likeness (QED) is 0.554. The van der Waals surface area contributed by atoms with E-state index in [1.807, 2.05) is 46.3 Å². The third-order valence-corrected chi connectivity index (χ3v) is 6.06. The van der Waals surface area contributed by atoms with E-state index in [1.165, 1.54) is 0 Å². The topological polar surface area (TPSA) is 97.9 Å². The van der Waals surface area contributed by atoms with Gasteiger partial charge in [0.25, 0.3) is 5.91 Å². The first kappa shape index (κ1) is 23.7. The highest BCUT2D eigenvalue weighted by Gasteiger charge is 2.30. The van der Waals surface area contributed by atoms with Crippen LogP contribution >= 0.6 is 0 Å². The minimum atomic E-state index is -0.223. The van der Waals surface area contributed by atoms with Gasteiger partial charge in [-0.15, -0.1) is 0 Å². The summed E-state index contributed by atoms with van der Waals surface area (Å²) in [4.78, 5) is 32.1. The van der Waals surface area contributed by atoms with Crippen molar-refractivity contribution in [2.45, 2.75) is 66.7 Å². The fraction of sp³-hybridized carbons (Fsp3) is 0.480. The van der Waals surface area contributed by atoms with E-state index in [2.05, 4.69) is 34.3 Å². The molecule has 3 aromatic heterocycles. The average molecular weight is 464 g/mol. The Bertz CT molecular complexity index is 1160. The lowest BCUT2D eigenvalue weighted by Crippen LogP contribution is -2.37. The van der Waals surface area contributed by atoms with Crippen molar-refractivity contribution in [2.24, 2.45) is 5.92 Å². The van der Waals surface area contributed by atoms with Crippen LogP contribution in [0.3, 0.4) is 0 Å². The predicted octanol–water partition coefficient (Wildman–Crippen LogP) is 2.65. The summed E-state index contributed by atoms with van der Waals surface area (Å²) in [6.45, 7) is 10.9. The zero-order chi connectivity index (χ0) is 24.2. The highest BCUT2D eigenvalue weighted by Crippen LogP contribution is 2.24. The van der Waals surface area contributed by atoms with Crippen molar-refractivity contribution in [3.8, 4) is 0 Å². The molecule has 9 heteroatoms. The van der Waals surface area contributed by atoms with Crippen LogP contribution in [0.25, 0.3) is 0 Å². The number of pyridine rings is 1. The zero-order valence-corrected chi connectivity index (χ0v) is 20.4. The second-order valence-corrected chi connectivity index (χ2v) is 9.36. The molecule has 0 spiro atoms. The molecule has 9 nitrogen and oxygen atoms in total. The first-order valence-corrected chi connectivity index (χ1v) is 11.9. The van der Waals surface area contributed by atoms with E-state index in [9.17, 15) is 9.59 Å². The van der Waals surface area contributed by atoms with Crippen LogP contribution in [-0.2, 0) is 37.4 Å². The Balaban J connectivity index is 1.49. The molecule has 1 aliphatic rings. The maximum Gasteiger partial charge on any atom is 0.272 e. The van der Waals surface area contributed by atoms with Crippen LogP contribution < -0.4 is 5.32 Å². The number of aryl methyl sites for hydroxylation is 3. The van der Waals surface area contributed by atoms with Gasteiger partial charge in [-0.2, -0.15) is 10.2 Å². The smallest absolute Gasteiger partial charge is 0.272 e. The molecule has 0 saturated carbocycles. The number of amides is 2. The number of nitrogens with zero attached hydrogens (tertiary/aromatic N) is 6. The standard InChI is InChI=1S/C25H33N7O2/c1-17(2)15-32-22-7-10-30(23(33)8-11-31-19(4)12-18(3)28-31)16-21(22)24(29-32)25(34)27-14-20-6-5-9-26-13-20/h5-6,9,12-13,17H,7-8,10-11,14-16H2,1-4H3,(H,27,34). The molecule has 3 aromatic rings. The number of carbonyl (C=O) groups is 2. The minimum absolute atomic E-state index is 0.0662. The van der Waals surface area contributed by atoms with Crippen molar-refractivity contribution in [1.82, 2.24) is 34.8 Å². The molecule has 4 rings (SSSR count). The van der Waals surface area contributed by atoms with Crippen LogP contribution in [0.5, 0.6) is 0 Å². The Morgan fingerprint density at radius 2 is 2.00 bits per heavy atom. The second kappa shape index (κ2) is 10.2. The molecule has 0 fully saturated rings. The van der Waals surface area contributed by atoms with Crippen LogP contribution in [0.2, 0.25) is 0 Å². The molecule has 2 amide bonds. The third-order valence-electron chi connectivity index (χ3n) is 6.06. The lowest BCUT2D eigenvalue weighted by Gasteiger charge is -2.28. The molecule has 0 saturated heterocycles. The zero-order valence-electron chi connectivity index (χ0n) is 20.4. The fourth-order valence-corrected chi connectivity index (χ4v) is 4.41. The molecule has 1 aliphatic heterocycles. The summed E-state index contributed by atoms with van der Waals surface area (Å²) >= 11 is 0. The van der Waals surface area contributed by atoms with Gasteiger partial charge in [-0.05, 0) is 37.5 Å². The van der Waals surface area contributed by atoms with E-state index in [-0.39, 0.29) is 11.8 Å². The van der Waals surface area contributed by atoms with E-state index in [4.69, 9.17) is 0 Å². The molecular weight excluding hydrogens is 430 g/mol. The highest BCUT2D eigenvalue weighted by molar-refractivity contribution is 5.94. The molecule has 0 aromatic carbocycles. The summed E-state index contributed by atoms with van der Waals surface area (Å²) in [6.07, 6.45) is 4.50. The molecule has 1 N–H and O–H groups in total. The molecule has 4 heterocycles. The number of carbonyl (C=O) groups excluding carboxylic acids is 2. The summed E-state index contributed by atoms with van der Waals surface area (Å²) in [7, 11) is 0. The van der Waals surface area contributed by atoms with Gasteiger partial charge in [0.2, 0.25) is 5.91 Å². The van der Waals surface area contributed by atoms with E-state index in [0.29, 0.717) is 50.6 Å². The van der Waals surface area contributed by atoms with Crippen molar-refractivity contribution in [3.63, 3.8) is 0 Å². The normalized spacial score (nSPS) is 13.3. The number of fused-ring (bicyclic) bond motifs is 1. The number of hydrogen-bond acceptors (Lipinski definition) is 5. The molecule has 0 bridgehead atoms. The van der Waals surface area contributed by atoms with Crippen LogP contribution in [0.4, 0.5) is 0 Å². The summed E-state index contributed by atoms with van der Waals surface area (Å²) in [5.41, 5.74) is 5.25. The third kappa shape index (κ3) is 5.35. The van der Waals surface area contributed by atoms with E-state index >= 15 is 0 Å². The van der Waals surface area contributed by atoms with Gasteiger partial charge in [-0.25, -0.2) is 0 Å². The largest absolute Gasteiger partial charge is 0.346 e. The summed E-state index contributed by atoms with van der Waals surface area (Å²) in [5, 5.41) is 12.1. The Hall–Kier alpha value is -3.49. The van der Waals surface area contributed by atoms with Gasteiger partial charge in [0, 0.05) is 74.9 Å². The van der Waals surface area contributed by atoms with Gasteiger partial charge >= 0.3 is 0 Å². The fourth-order valence-electron chi connectivity index (χ4n) is 4.41. The molecule has 0 atom stereocenters. The number of rotatable bonds is 8. The Morgan fingerprint density at radius 3 is 2.68 bits per heavy atom. The maximum atomic E-state index is 13.1. The van der Waals surface area contributed by atoms with Crippen LogP contribution in [0.1, 0.15) is 59.0 Å². The predicted molar refractivity (Wildman–Crippen MR) is 128 cm³/mol. The second-order valence-electron chi connectivity index (χ2n) is 9.36. The van der Waals surface area contributed by atoms with Crippen molar-refractivity contribution >= 4 is 11.8 Å². The first-order chi connectivity index (χ1) is 16.3. The van der Waals surface area contributed by atoms with Gasteiger partial charge in [0.15, 0.2) is 5.69 Å². The van der Waals surface area contributed by atoms with Crippen molar-refractivity contribution in [1.29, 1.82) is 0 Å².